The Labute approximate surface area is 223 Å². The van der Waals surface area contributed by atoms with Crippen LogP contribution in [0.4, 0.5) is 11.6 Å². The first-order valence-corrected chi connectivity index (χ1v) is 12.8. The van der Waals surface area contributed by atoms with Crippen molar-refractivity contribution in [3.05, 3.63) is 71.3 Å². The fourth-order valence-corrected chi connectivity index (χ4v) is 4.90. The van der Waals surface area contributed by atoms with E-state index < -0.39 is 5.60 Å². The third-order valence-electron chi connectivity index (χ3n) is 6.92. The lowest BCUT2D eigenvalue weighted by Gasteiger charge is -2.39. The minimum atomic E-state index is -1.10. The van der Waals surface area contributed by atoms with E-state index in [1.165, 1.54) is 0 Å². The largest absolute Gasteiger partial charge is 0.384 e. The van der Waals surface area contributed by atoms with Gasteiger partial charge in [0, 0.05) is 36.6 Å². The van der Waals surface area contributed by atoms with E-state index in [9.17, 15) is 9.90 Å². The van der Waals surface area contributed by atoms with Crippen LogP contribution < -0.4 is 10.6 Å². The van der Waals surface area contributed by atoms with Gasteiger partial charge in [-0.3, -0.25) is 9.89 Å². The van der Waals surface area contributed by atoms with Crippen molar-refractivity contribution < 1.29 is 9.90 Å². The number of aromatic amines is 1. The highest BCUT2D eigenvalue weighted by Gasteiger charge is 2.42. The first-order chi connectivity index (χ1) is 18.2. The Bertz CT molecular complexity index is 1340. The predicted octanol–water partition coefficient (Wildman–Crippen LogP) is 4.25. The molecule has 200 valence electrons. The molecule has 0 bridgehead atoms. The standard InChI is InChI=1S/C28H36N8O2/c1-18(7-8-26(29-5)36-12-6-11-31-36)17-30-27(37)22-9-10-28(38,16-20(22)3)23-13-19(2)14-24(32-23)33-25-15-21(4)34-35-25/h6-8,11-15,20,22,38H,5,9-10,16-17H2,1-4H3,(H,30,37)(H2,32,33,34,35)/b18-7+,26-8+/t20-,22+,28-/m1/s1. The van der Waals surface area contributed by atoms with Crippen LogP contribution >= 0.6 is 0 Å². The third-order valence-corrected chi connectivity index (χ3v) is 6.92. The second-order valence-electron chi connectivity index (χ2n) is 10.2. The lowest BCUT2D eigenvalue weighted by Crippen LogP contribution is -2.43. The van der Waals surface area contributed by atoms with Crippen molar-refractivity contribution in [2.45, 2.75) is 52.6 Å². The number of aromatic nitrogens is 5. The Hall–Kier alpha value is -4.05. The Morgan fingerprint density at radius 2 is 2.13 bits per heavy atom. The minimum Gasteiger partial charge on any atom is -0.384 e. The molecule has 10 heteroatoms. The molecule has 1 aliphatic rings. The summed E-state index contributed by atoms with van der Waals surface area (Å²) in [5.74, 6) is 1.71. The third kappa shape index (κ3) is 6.44. The van der Waals surface area contributed by atoms with E-state index in [1.807, 2.05) is 64.1 Å². The van der Waals surface area contributed by atoms with Crippen molar-refractivity contribution in [3.63, 3.8) is 0 Å². The number of carbonyl (C=O) groups is 1. The van der Waals surface area contributed by atoms with Crippen LogP contribution in [0, 0.1) is 25.7 Å². The normalized spacial score (nSPS) is 22.2. The molecule has 38 heavy (non-hydrogen) atoms. The van der Waals surface area contributed by atoms with Gasteiger partial charge >= 0.3 is 0 Å². The van der Waals surface area contributed by atoms with Gasteiger partial charge in [-0.1, -0.05) is 18.6 Å². The number of amides is 1. The van der Waals surface area contributed by atoms with E-state index in [2.05, 4.69) is 37.6 Å². The van der Waals surface area contributed by atoms with Crippen molar-refractivity contribution in [2.75, 3.05) is 11.9 Å². The number of allylic oxidation sites excluding steroid dienone is 2. The molecular formula is C28H36N8O2. The van der Waals surface area contributed by atoms with Crippen LogP contribution in [-0.2, 0) is 10.4 Å². The van der Waals surface area contributed by atoms with Gasteiger partial charge < -0.3 is 15.7 Å². The number of nitrogens with zero attached hydrogens (tertiary/aromatic N) is 5. The Morgan fingerprint density at radius 1 is 1.32 bits per heavy atom. The van der Waals surface area contributed by atoms with Gasteiger partial charge in [0.05, 0.1) is 5.69 Å². The van der Waals surface area contributed by atoms with Crippen LogP contribution in [0.2, 0.25) is 0 Å². The molecule has 4 N–H and O–H groups in total. The van der Waals surface area contributed by atoms with Crippen molar-refractivity contribution in [1.82, 2.24) is 30.3 Å². The Kier molecular flexibility index (Phi) is 8.21. The quantitative estimate of drug-likeness (QED) is 0.248. The van der Waals surface area contributed by atoms with E-state index in [0.717, 1.165) is 16.8 Å². The zero-order valence-corrected chi connectivity index (χ0v) is 22.4. The molecule has 0 unspecified atom stereocenters. The van der Waals surface area contributed by atoms with Crippen molar-refractivity contribution in [2.24, 2.45) is 16.8 Å². The van der Waals surface area contributed by atoms with Crippen LogP contribution in [0.25, 0.3) is 5.82 Å². The molecule has 0 saturated heterocycles. The first kappa shape index (κ1) is 27.0. The highest BCUT2D eigenvalue weighted by atomic mass is 16.3. The number of aliphatic imine (C=N–C) groups is 1. The van der Waals surface area contributed by atoms with Crippen LogP contribution in [-0.4, -0.2) is 49.2 Å². The van der Waals surface area contributed by atoms with E-state index in [1.54, 1.807) is 17.1 Å². The molecule has 3 heterocycles. The highest BCUT2D eigenvalue weighted by molar-refractivity contribution is 5.79. The number of carbonyl (C=O) groups excluding carboxylic acids is 1. The highest BCUT2D eigenvalue weighted by Crippen LogP contribution is 2.42. The zero-order valence-electron chi connectivity index (χ0n) is 22.4. The number of hydrogen-bond acceptors (Lipinski definition) is 7. The topological polar surface area (TPSA) is 133 Å². The summed E-state index contributed by atoms with van der Waals surface area (Å²) in [7, 11) is 0. The van der Waals surface area contributed by atoms with Gasteiger partial charge in [-0.2, -0.15) is 10.2 Å². The smallest absolute Gasteiger partial charge is 0.223 e. The van der Waals surface area contributed by atoms with Crippen molar-refractivity contribution >= 4 is 30.1 Å². The Morgan fingerprint density at radius 3 is 2.79 bits per heavy atom. The average molecular weight is 517 g/mol. The monoisotopic (exact) mass is 516 g/mol. The molecule has 3 aromatic rings. The van der Waals surface area contributed by atoms with Crippen LogP contribution in [0.1, 0.15) is 50.1 Å². The number of nitrogens with one attached hydrogen (secondary N) is 3. The molecule has 3 aromatic heterocycles. The number of hydrogen-bond donors (Lipinski definition) is 4. The summed E-state index contributed by atoms with van der Waals surface area (Å²) in [6.07, 6.45) is 8.67. The summed E-state index contributed by atoms with van der Waals surface area (Å²) in [5, 5.41) is 29.1. The van der Waals surface area contributed by atoms with Gasteiger partial charge in [-0.25, -0.2) is 14.7 Å². The Balaban J connectivity index is 1.37. The fourth-order valence-electron chi connectivity index (χ4n) is 4.90. The van der Waals surface area contributed by atoms with Gasteiger partial charge in [-0.15, -0.1) is 0 Å². The lowest BCUT2D eigenvalue weighted by atomic mass is 9.70. The van der Waals surface area contributed by atoms with Gasteiger partial charge in [-0.05, 0) is 82.5 Å². The lowest BCUT2D eigenvalue weighted by molar-refractivity contribution is -0.131. The van der Waals surface area contributed by atoms with Crippen LogP contribution in [0.3, 0.4) is 0 Å². The maximum Gasteiger partial charge on any atom is 0.223 e. The molecule has 0 aliphatic heterocycles. The molecule has 0 aromatic carbocycles. The molecule has 0 spiro atoms. The second-order valence-corrected chi connectivity index (χ2v) is 10.2. The molecule has 0 radical (unpaired) electrons. The van der Waals surface area contributed by atoms with Crippen LogP contribution in [0.5, 0.6) is 0 Å². The molecule has 1 saturated carbocycles. The maximum absolute atomic E-state index is 13.0. The zero-order chi connectivity index (χ0) is 27.3. The maximum atomic E-state index is 13.0. The predicted molar refractivity (Wildman–Crippen MR) is 149 cm³/mol. The summed E-state index contributed by atoms with van der Waals surface area (Å²) in [4.78, 5) is 21.7. The molecule has 1 fully saturated rings. The molecular weight excluding hydrogens is 480 g/mol. The summed E-state index contributed by atoms with van der Waals surface area (Å²) in [6, 6.07) is 7.56. The summed E-state index contributed by atoms with van der Waals surface area (Å²) in [6.45, 7) is 11.9. The summed E-state index contributed by atoms with van der Waals surface area (Å²) < 4.78 is 1.63. The minimum absolute atomic E-state index is 0.00103. The van der Waals surface area contributed by atoms with Crippen molar-refractivity contribution in [3.8, 4) is 0 Å². The van der Waals surface area contributed by atoms with Crippen molar-refractivity contribution in [1.29, 1.82) is 0 Å². The molecule has 1 amide bonds. The van der Waals surface area contributed by atoms with E-state index in [0.29, 0.717) is 49.0 Å². The molecule has 1 aliphatic carbocycles. The molecule has 3 atom stereocenters. The number of rotatable bonds is 9. The number of H-pyrrole nitrogens is 1. The first-order valence-electron chi connectivity index (χ1n) is 12.8. The van der Waals surface area contributed by atoms with E-state index in [-0.39, 0.29) is 17.7 Å². The number of pyridine rings is 1. The average Bonchev–Trinajstić information content (AvgIpc) is 3.55. The number of aryl methyl sites for hydroxylation is 2. The molecule has 10 nitrogen and oxygen atoms in total. The van der Waals surface area contributed by atoms with E-state index >= 15 is 0 Å². The van der Waals surface area contributed by atoms with Gasteiger partial charge in [0.25, 0.3) is 0 Å². The summed E-state index contributed by atoms with van der Waals surface area (Å²) in [5.41, 5.74) is 2.43. The second kappa shape index (κ2) is 11.6. The number of aliphatic hydroxyl groups is 1. The van der Waals surface area contributed by atoms with E-state index in [4.69, 9.17) is 4.98 Å². The van der Waals surface area contributed by atoms with Gasteiger partial charge in [0.15, 0.2) is 11.6 Å². The molecule has 4 rings (SSSR count). The van der Waals surface area contributed by atoms with Gasteiger partial charge in [0.2, 0.25) is 5.91 Å². The SMILES string of the molecule is C=N/C(=C\C=C(/C)CNC(=O)[C@H]1CC[C@](O)(c2cc(C)cc(Nc3cc(C)[nH]n3)n2)C[C@H]1C)n1cccn1. The fraction of sp³-hybridized carbons (Fsp3) is 0.393. The van der Waals surface area contributed by atoms with Crippen LogP contribution in [0.15, 0.2) is 59.4 Å². The summed E-state index contributed by atoms with van der Waals surface area (Å²) >= 11 is 0. The van der Waals surface area contributed by atoms with Gasteiger partial charge in [0.1, 0.15) is 11.4 Å². The number of anilines is 2.